The summed E-state index contributed by atoms with van der Waals surface area (Å²) in [6.07, 6.45) is 0.389. The number of hydrogen-bond donors (Lipinski definition) is 3. The lowest BCUT2D eigenvalue weighted by molar-refractivity contribution is 0.0697. The second-order valence-corrected chi connectivity index (χ2v) is 4.37. The topological polar surface area (TPSA) is 69.6 Å². The fourth-order valence-electron chi connectivity index (χ4n) is 1.65. The summed E-state index contributed by atoms with van der Waals surface area (Å²) in [4.78, 5) is 10.7. The highest BCUT2D eigenvalue weighted by molar-refractivity contribution is 5.87. The second kappa shape index (κ2) is 6.37. The van der Waals surface area contributed by atoms with E-state index in [-0.39, 0.29) is 12.1 Å². The van der Waals surface area contributed by atoms with Gasteiger partial charge in [0, 0.05) is 12.6 Å². The van der Waals surface area contributed by atoms with E-state index in [4.69, 9.17) is 5.11 Å². The number of hydrogen-bond acceptors (Lipinski definition) is 3. The zero-order valence-electron chi connectivity index (χ0n) is 10.2. The van der Waals surface area contributed by atoms with Crippen LogP contribution in [0.25, 0.3) is 0 Å². The number of aromatic carboxylic acids is 1. The van der Waals surface area contributed by atoms with Gasteiger partial charge in [-0.1, -0.05) is 12.1 Å². The van der Waals surface area contributed by atoms with Crippen molar-refractivity contribution < 1.29 is 15.0 Å². The summed E-state index contributed by atoms with van der Waals surface area (Å²) in [6, 6.07) is 7.02. The second-order valence-electron chi connectivity index (χ2n) is 4.37. The SMILES string of the molecule is CC(O)CC(C)NCc1ccc(C(=O)O)cc1. The lowest BCUT2D eigenvalue weighted by Gasteiger charge is -2.15. The fraction of sp³-hybridized carbons (Fsp3) is 0.462. The Hall–Kier alpha value is -1.39. The third-order valence-electron chi connectivity index (χ3n) is 2.55. The zero-order chi connectivity index (χ0) is 12.8. The molecule has 4 nitrogen and oxygen atoms in total. The molecule has 0 radical (unpaired) electrons. The summed E-state index contributed by atoms with van der Waals surface area (Å²) in [7, 11) is 0. The molecule has 1 aromatic rings. The van der Waals surface area contributed by atoms with Gasteiger partial charge in [0.15, 0.2) is 0 Å². The van der Waals surface area contributed by atoms with Crippen molar-refractivity contribution in [3.05, 3.63) is 35.4 Å². The van der Waals surface area contributed by atoms with Crippen molar-refractivity contribution in [2.75, 3.05) is 0 Å². The normalized spacial score (nSPS) is 14.3. The molecule has 0 saturated heterocycles. The molecule has 0 spiro atoms. The molecule has 4 heteroatoms. The molecule has 0 aromatic heterocycles. The summed E-state index contributed by atoms with van der Waals surface area (Å²) in [6.45, 7) is 4.45. The molecule has 0 aliphatic heterocycles. The third kappa shape index (κ3) is 4.97. The molecule has 2 unspecified atom stereocenters. The average molecular weight is 237 g/mol. The predicted molar refractivity (Wildman–Crippen MR) is 66.0 cm³/mol. The number of carboxylic acid groups (broad SMARTS) is 1. The van der Waals surface area contributed by atoms with E-state index in [1.807, 2.05) is 6.92 Å². The maximum absolute atomic E-state index is 10.7. The Bertz CT molecular complexity index is 359. The van der Waals surface area contributed by atoms with Gasteiger partial charge in [0.2, 0.25) is 0 Å². The van der Waals surface area contributed by atoms with Gasteiger partial charge in [0.25, 0.3) is 0 Å². The van der Waals surface area contributed by atoms with Crippen molar-refractivity contribution >= 4 is 5.97 Å². The lowest BCUT2D eigenvalue weighted by atomic mass is 10.1. The van der Waals surface area contributed by atoms with Crippen LogP contribution in [-0.2, 0) is 6.54 Å². The number of rotatable bonds is 6. The molecular weight excluding hydrogens is 218 g/mol. The number of carbonyl (C=O) groups is 1. The van der Waals surface area contributed by atoms with E-state index >= 15 is 0 Å². The molecule has 0 heterocycles. The molecular formula is C13H19NO3. The van der Waals surface area contributed by atoms with Gasteiger partial charge >= 0.3 is 5.97 Å². The highest BCUT2D eigenvalue weighted by Gasteiger charge is 2.06. The Balaban J connectivity index is 2.44. The molecule has 1 rings (SSSR count). The van der Waals surface area contributed by atoms with E-state index in [1.165, 1.54) is 0 Å². The molecule has 94 valence electrons. The van der Waals surface area contributed by atoms with Gasteiger partial charge in [0.1, 0.15) is 0 Å². The first-order valence-corrected chi connectivity index (χ1v) is 5.72. The Morgan fingerprint density at radius 3 is 2.35 bits per heavy atom. The van der Waals surface area contributed by atoms with E-state index in [0.717, 1.165) is 5.56 Å². The molecule has 0 amide bonds. The standard InChI is InChI=1S/C13H19NO3/c1-9(7-10(2)15)14-8-11-3-5-12(6-4-11)13(16)17/h3-6,9-10,14-15H,7-8H2,1-2H3,(H,16,17). The number of nitrogens with one attached hydrogen (secondary N) is 1. The molecule has 0 fully saturated rings. The zero-order valence-corrected chi connectivity index (χ0v) is 10.2. The van der Waals surface area contributed by atoms with Crippen LogP contribution in [0.2, 0.25) is 0 Å². The Morgan fingerprint density at radius 2 is 1.88 bits per heavy atom. The van der Waals surface area contributed by atoms with Crippen LogP contribution in [-0.4, -0.2) is 28.3 Å². The minimum Gasteiger partial charge on any atom is -0.478 e. The van der Waals surface area contributed by atoms with Gasteiger partial charge in [-0.15, -0.1) is 0 Å². The number of carboxylic acids is 1. The van der Waals surface area contributed by atoms with Crippen LogP contribution in [0.1, 0.15) is 36.2 Å². The maximum Gasteiger partial charge on any atom is 0.335 e. The predicted octanol–water partition coefficient (Wildman–Crippen LogP) is 1.63. The molecule has 3 N–H and O–H groups in total. The molecule has 0 bridgehead atoms. The summed E-state index contributed by atoms with van der Waals surface area (Å²) >= 11 is 0. The fourth-order valence-corrected chi connectivity index (χ4v) is 1.65. The first-order valence-electron chi connectivity index (χ1n) is 5.72. The van der Waals surface area contributed by atoms with Gasteiger partial charge in [-0.3, -0.25) is 0 Å². The summed E-state index contributed by atoms with van der Waals surface area (Å²) < 4.78 is 0. The van der Waals surface area contributed by atoms with Crippen LogP contribution in [0.4, 0.5) is 0 Å². The molecule has 0 saturated carbocycles. The van der Waals surface area contributed by atoms with Crippen LogP contribution in [0.15, 0.2) is 24.3 Å². The van der Waals surface area contributed by atoms with Gasteiger partial charge in [-0.05, 0) is 38.0 Å². The molecule has 2 atom stereocenters. The van der Waals surface area contributed by atoms with E-state index in [1.54, 1.807) is 31.2 Å². The maximum atomic E-state index is 10.7. The average Bonchev–Trinajstić information content (AvgIpc) is 2.26. The summed E-state index contributed by atoms with van der Waals surface area (Å²) in [5.74, 6) is -0.910. The number of aliphatic hydroxyl groups excluding tert-OH is 1. The van der Waals surface area contributed by atoms with Crippen LogP contribution < -0.4 is 5.32 Å². The van der Waals surface area contributed by atoms with Gasteiger partial charge in [0.05, 0.1) is 11.7 Å². The molecule has 1 aromatic carbocycles. The van der Waals surface area contributed by atoms with Crippen LogP contribution >= 0.6 is 0 Å². The van der Waals surface area contributed by atoms with E-state index in [9.17, 15) is 9.90 Å². The van der Waals surface area contributed by atoms with Crippen molar-refractivity contribution in [1.29, 1.82) is 0 Å². The summed E-state index contributed by atoms with van der Waals surface area (Å²) in [5, 5.41) is 21.2. The minimum atomic E-state index is -0.910. The highest BCUT2D eigenvalue weighted by atomic mass is 16.4. The Kier molecular flexibility index (Phi) is 5.12. The smallest absolute Gasteiger partial charge is 0.335 e. The largest absolute Gasteiger partial charge is 0.478 e. The monoisotopic (exact) mass is 237 g/mol. The Morgan fingerprint density at radius 1 is 1.29 bits per heavy atom. The molecule has 0 aliphatic rings. The van der Waals surface area contributed by atoms with Gasteiger partial charge in [-0.2, -0.15) is 0 Å². The molecule has 0 aliphatic carbocycles. The number of aliphatic hydroxyl groups is 1. The first kappa shape index (κ1) is 13.7. The van der Waals surface area contributed by atoms with E-state index in [2.05, 4.69) is 5.32 Å². The quantitative estimate of drug-likeness (QED) is 0.703. The minimum absolute atomic E-state index is 0.231. The third-order valence-corrected chi connectivity index (χ3v) is 2.55. The highest BCUT2D eigenvalue weighted by Crippen LogP contribution is 2.05. The number of benzene rings is 1. The van der Waals surface area contributed by atoms with Crippen molar-refractivity contribution in [2.24, 2.45) is 0 Å². The van der Waals surface area contributed by atoms with Gasteiger partial charge in [-0.25, -0.2) is 4.79 Å². The van der Waals surface area contributed by atoms with Gasteiger partial charge < -0.3 is 15.5 Å². The van der Waals surface area contributed by atoms with Crippen molar-refractivity contribution in [1.82, 2.24) is 5.32 Å². The Labute approximate surface area is 101 Å². The van der Waals surface area contributed by atoms with Crippen LogP contribution in [0.5, 0.6) is 0 Å². The first-order chi connectivity index (χ1) is 7.99. The molecule has 17 heavy (non-hydrogen) atoms. The summed E-state index contributed by atoms with van der Waals surface area (Å²) in [5.41, 5.74) is 1.33. The van der Waals surface area contributed by atoms with Crippen molar-refractivity contribution in [3.63, 3.8) is 0 Å². The van der Waals surface area contributed by atoms with E-state index in [0.29, 0.717) is 18.5 Å². The van der Waals surface area contributed by atoms with Crippen LogP contribution in [0.3, 0.4) is 0 Å². The van der Waals surface area contributed by atoms with Crippen molar-refractivity contribution in [3.8, 4) is 0 Å². The van der Waals surface area contributed by atoms with Crippen LogP contribution in [0, 0.1) is 0 Å². The van der Waals surface area contributed by atoms with Crippen molar-refractivity contribution in [2.45, 2.75) is 39.0 Å². The van der Waals surface area contributed by atoms with E-state index < -0.39 is 5.97 Å². The lowest BCUT2D eigenvalue weighted by Crippen LogP contribution is -2.28.